The normalized spacial score (nSPS) is 15.9. The highest BCUT2D eigenvalue weighted by Gasteiger charge is 2.23. The van der Waals surface area contributed by atoms with Crippen LogP contribution in [0.1, 0.15) is 42.6 Å². The number of para-hydroxylation sites is 2. The smallest absolute Gasteiger partial charge is 0.249 e. The maximum atomic E-state index is 12.2. The molecule has 3 aromatic rings. The van der Waals surface area contributed by atoms with Gasteiger partial charge in [0.1, 0.15) is 17.7 Å². The van der Waals surface area contributed by atoms with Crippen LogP contribution in [0.3, 0.4) is 0 Å². The van der Waals surface area contributed by atoms with Crippen LogP contribution in [0.25, 0.3) is 11.0 Å². The summed E-state index contributed by atoms with van der Waals surface area (Å²) in [6.07, 6.45) is 4.16. The van der Waals surface area contributed by atoms with Crippen LogP contribution in [0, 0.1) is 13.8 Å². The summed E-state index contributed by atoms with van der Waals surface area (Å²) in [7, 11) is 0. The van der Waals surface area contributed by atoms with Crippen LogP contribution in [0.2, 0.25) is 0 Å². The molecule has 0 radical (unpaired) electrons. The molecule has 170 valence electrons. The number of hydrogen-bond acceptors (Lipinski definition) is 4. The maximum absolute atomic E-state index is 12.2. The van der Waals surface area contributed by atoms with Gasteiger partial charge in [-0.2, -0.15) is 0 Å². The molecular weight excluding hydrogens is 402 g/mol. The van der Waals surface area contributed by atoms with Crippen molar-refractivity contribution in [3.8, 4) is 5.75 Å². The van der Waals surface area contributed by atoms with Crippen molar-refractivity contribution in [2.75, 3.05) is 19.8 Å². The number of ether oxygens (including phenoxy) is 2. The standard InChI is InChI=1S/C26H33N3O3/c1-19-11-12-20(2)24(18-19)32-16-6-5-15-29-22-9-4-3-8-21(22)28-25(29)13-14-27-26(30)23-10-7-17-31-23/h3-4,8-9,11-12,18,23H,5-7,10,13-17H2,1-2H3,(H,27,30). The van der Waals surface area contributed by atoms with Crippen molar-refractivity contribution in [1.29, 1.82) is 0 Å². The van der Waals surface area contributed by atoms with Gasteiger partial charge < -0.3 is 19.4 Å². The summed E-state index contributed by atoms with van der Waals surface area (Å²) in [6, 6.07) is 14.5. The summed E-state index contributed by atoms with van der Waals surface area (Å²) in [5, 5.41) is 3.01. The SMILES string of the molecule is Cc1ccc(C)c(OCCCCn2c(CCNC(=O)C3CCCO3)nc3ccccc32)c1. The van der Waals surface area contributed by atoms with Crippen molar-refractivity contribution in [2.45, 2.75) is 58.6 Å². The van der Waals surface area contributed by atoms with Crippen LogP contribution < -0.4 is 10.1 Å². The van der Waals surface area contributed by atoms with Crippen LogP contribution >= 0.6 is 0 Å². The lowest BCUT2D eigenvalue weighted by Gasteiger charge is -2.13. The molecule has 1 aromatic heterocycles. The average Bonchev–Trinajstić information content (AvgIpc) is 3.44. The van der Waals surface area contributed by atoms with Crippen molar-refractivity contribution in [2.24, 2.45) is 0 Å². The van der Waals surface area contributed by atoms with E-state index in [1.54, 1.807) is 0 Å². The molecule has 2 heterocycles. The Kier molecular flexibility index (Phi) is 7.43. The third-order valence-electron chi connectivity index (χ3n) is 5.98. The molecule has 1 unspecified atom stereocenters. The molecule has 1 atom stereocenters. The Balaban J connectivity index is 1.31. The molecule has 4 rings (SSSR count). The first-order valence-electron chi connectivity index (χ1n) is 11.7. The van der Waals surface area contributed by atoms with E-state index in [1.807, 2.05) is 18.2 Å². The zero-order valence-corrected chi connectivity index (χ0v) is 19.1. The van der Waals surface area contributed by atoms with Gasteiger partial charge in [0, 0.05) is 26.1 Å². The number of imidazole rings is 1. The number of benzene rings is 2. The topological polar surface area (TPSA) is 65.4 Å². The summed E-state index contributed by atoms with van der Waals surface area (Å²) in [6.45, 7) is 6.99. The van der Waals surface area contributed by atoms with Gasteiger partial charge >= 0.3 is 0 Å². The van der Waals surface area contributed by atoms with Gasteiger partial charge in [0.15, 0.2) is 0 Å². The number of nitrogens with one attached hydrogen (secondary N) is 1. The minimum absolute atomic E-state index is 0.00579. The Labute approximate surface area is 189 Å². The molecule has 6 heteroatoms. The zero-order valence-electron chi connectivity index (χ0n) is 19.1. The van der Waals surface area contributed by atoms with Crippen LogP contribution in [0.4, 0.5) is 0 Å². The Morgan fingerprint density at radius 3 is 2.94 bits per heavy atom. The van der Waals surface area contributed by atoms with Gasteiger partial charge in [-0.05, 0) is 68.9 Å². The fraction of sp³-hybridized carbons (Fsp3) is 0.462. The van der Waals surface area contributed by atoms with Gasteiger partial charge in [0.05, 0.1) is 17.6 Å². The number of carbonyl (C=O) groups excluding carboxylic acids is 1. The number of fused-ring (bicyclic) bond motifs is 1. The molecule has 1 aliphatic heterocycles. The molecule has 1 aliphatic rings. The molecular formula is C26H33N3O3. The van der Waals surface area contributed by atoms with E-state index in [-0.39, 0.29) is 12.0 Å². The molecule has 0 spiro atoms. The summed E-state index contributed by atoms with van der Waals surface area (Å²) < 4.78 is 13.8. The van der Waals surface area contributed by atoms with Gasteiger partial charge in [-0.3, -0.25) is 4.79 Å². The second kappa shape index (κ2) is 10.6. The van der Waals surface area contributed by atoms with E-state index >= 15 is 0 Å². The second-order valence-corrected chi connectivity index (χ2v) is 8.54. The third-order valence-corrected chi connectivity index (χ3v) is 5.98. The number of nitrogens with zero attached hydrogens (tertiary/aromatic N) is 2. The molecule has 32 heavy (non-hydrogen) atoms. The summed E-state index contributed by atoms with van der Waals surface area (Å²) >= 11 is 0. The summed E-state index contributed by atoms with van der Waals surface area (Å²) in [5.41, 5.74) is 4.53. The minimum Gasteiger partial charge on any atom is -0.493 e. The Bertz CT molecular complexity index is 1050. The molecule has 1 saturated heterocycles. The van der Waals surface area contributed by atoms with Gasteiger partial charge in [-0.25, -0.2) is 4.98 Å². The molecule has 1 N–H and O–H groups in total. The predicted molar refractivity (Wildman–Crippen MR) is 126 cm³/mol. The Morgan fingerprint density at radius 2 is 2.09 bits per heavy atom. The third kappa shape index (κ3) is 5.49. The number of aromatic nitrogens is 2. The van der Waals surface area contributed by atoms with Gasteiger partial charge in [-0.15, -0.1) is 0 Å². The first kappa shape index (κ1) is 22.3. The van der Waals surface area contributed by atoms with E-state index in [4.69, 9.17) is 14.5 Å². The van der Waals surface area contributed by atoms with E-state index in [0.717, 1.165) is 54.8 Å². The number of carbonyl (C=O) groups is 1. The van der Waals surface area contributed by atoms with Crippen LogP contribution in [-0.4, -0.2) is 41.3 Å². The highest BCUT2D eigenvalue weighted by atomic mass is 16.5. The van der Waals surface area contributed by atoms with Gasteiger partial charge in [0.25, 0.3) is 0 Å². The van der Waals surface area contributed by atoms with E-state index in [1.165, 1.54) is 11.1 Å². The number of hydrogen-bond donors (Lipinski definition) is 1. The van der Waals surface area contributed by atoms with E-state index in [0.29, 0.717) is 26.2 Å². The second-order valence-electron chi connectivity index (χ2n) is 8.54. The number of unbranched alkanes of at least 4 members (excludes halogenated alkanes) is 1. The number of rotatable bonds is 10. The molecule has 0 saturated carbocycles. The fourth-order valence-electron chi connectivity index (χ4n) is 4.18. The van der Waals surface area contributed by atoms with Crippen molar-refractivity contribution >= 4 is 16.9 Å². The molecule has 2 aromatic carbocycles. The monoisotopic (exact) mass is 435 g/mol. The Morgan fingerprint density at radius 1 is 1.22 bits per heavy atom. The molecule has 0 aliphatic carbocycles. The molecule has 1 amide bonds. The van der Waals surface area contributed by atoms with E-state index in [2.05, 4.69) is 48.0 Å². The highest BCUT2D eigenvalue weighted by molar-refractivity contribution is 5.81. The van der Waals surface area contributed by atoms with E-state index < -0.39 is 0 Å². The maximum Gasteiger partial charge on any atom is 0.249 e. The van der Waals surface area contributed by atoms with Crippen molar-refractivity contribution in [3.05, 3.63) is 59.4 Å². The fourth-order valence-corrected chi connectivity index (χ4v) is 4.18. The van der Waals surface area contributed by atoms with Crippen LogP contribution in [0.5, 0.6) is 5.75 Å². The minimum atomic E-state index is -0.286. The lowest BCUT2D eigenvalue weighted by molar-refractivity contribution is -0.130. The Hall–Kier alpha value is -2.86. The number of aryl methyl sites for hydroxylation is 3. The zero-order chi connectivity index (χ0) is 22.3. The van der Waals surface area contributed by atoms with Crippen molar-refractivity contribution in [1.82, 2.24) is 14.9 Å². The average molecular weight is 436 g/mol. The van der Waals surface area contributed by atoms with Gasteiger partial charge in [0.2, 0.25) is 5.91 Å². The van der Waals surface area contributed by atoms with E-state index in [9.17, 15) is 4.79 Å². The van der Waals surface area contributed by atoms with Crippen molar-refractivity contribution < 1.29 is 14.3 Å². The van der Waals surface area contributed by atoms with Crippen molar-refractivity contribution in [3.63, 3.8) is 0 Å². The quantitative estimate of drug-likeness (QED) is 0.481. The van der Waals surface area contributed by atoms with Crippen LogP contribution in [-0.2, 0) is 22.5 Å². The highest BCUT2D eigenvalue weighted by Crippen LogP contribution is 2.20. The largest absolute Gasteiger partial charge is 0.493 e. The first-order chi connectivity index (χ1) is 15.6. The first-order valence-corrected chi connectivity index (χ1v) is 11.7. The summed E-state index contributed by atoms with van der Waals surface area (Å²) in [4.78, 5) is 17.0. The lowest BCUT2D eigenvalue weighted by Crippen LogP contribution is -2.35. The molecule has 6 nitrogen and oxygen atoms in total. The predicted octanol–water partition coefficient (Wildman–Crippen LogP) is 4.35. The number of amides is 1. The molecule has 0 bridgehead atoms. The lowest BCUT2D eigenvalue weighted by atomic mass is 10.1. The molecule has 1 fully saturated rings. The van der Waals surface area contributed by atoms with Gasteiger partial charge in [-0.1, -0.05) is 24.3 Å². The summed E-state index contributed by atoms with van der Waals surface area (Å²) in [5.74, 6) is 1.98. The van der Waals surface area contributed by atoms with Crippen LogP contribution in [0.15, 0.2) is 42.5 Å².